The van der Waals surface area contributed by atoms with Gasteiger partial charge in [0, 0.05) is 14.5 Å². The third-order valence-electron chi connectivity index (χ3n) is 3.45. The van der Waals surface area contributed by atoms with Gasteiger partial charge in [-0.1, -0.05) is 67.5 Å². The minimum Gasteiger partial charge on any atom is -0.266 e. The monoisotopic (exact) mass is 461 g/mol. The van der Waals surface area contributed by atoms with Crippen LogP contribution in [0.2, 0.25) is 0 Å². The van der Waals surface area contributed by atoms with Crippen molar-refractivity contribution in [2.24, 2.45) is 0 Å². The zero-order chi connectivity index (χ0) is 16.7. The second kappa shape index (κ2) is 6.23. The molecule has 2 heterocycles. The first-order valence-corrected chi connectivity index (χ1v) is 9.43. The molecule has 2 aromatic carbocycles. The summed E-state index contributed by atoms with van der Waals surface area (Å²) in [5.41, 5.74) is 1.70. The van der Waals surface area contributed by atoms with Crippen LogP contribution < -0.4 is 10.1 Å². The highest BCUT2D eigenvalue weighted by molar-refractivity contribution is 9.10. The molecule has 2 aromatic heterocycles. The summed E-state index contributed by atoms with van der Waals surface area (Å²) >= 11 is 8.14. The highest BCUT2D eigenvalue weighted by atomic mass is 79.9. The highest BCUT2D eigenvalue weighted by Crippen LogP contribution is 2.19. The molecule has 0 saturated heterocycles. The Kier molecular flexibility index (Phi) is 4.07. The topological polar surface area (TPSA) is 47.3 Å². The lowest BCUT2D eigenvalue weighted by molar-refractivity contribution is 0.937. The van der Waals surface area contributed by atoms with Gasteiger partial charge in [-0.25, -0.2) is 0 Å². The van der Waals surface area contributed by atoms with E-state index in [9.17, 15) is 4.79 Å². The largest absolute Gasteiger partial charge is 0.291 e. The van der Waals surface area contributed by atoms with Crippen molar-refractivity contribution in [1.29, 1.82) is 0 Å². The molecule has 0 saturated carbocycles. The van der Waals surface area contributed by atoms with E-state index in [1.165, 1.54) is 15.9 Å². The molecule has 0 aliphatic heterocycles. The SMILES string of the molecule is O=c1c(=Cc2ccc(Br)cc2)sc2nc(-c3ccc(Br)cc3)nn12. The second-order valence-corrected chi connectivity index (χ2v) is 7.94. The van der Waals surface area contributed by atoms with E-state index in [1.807, 2.05) is 54.6 Å². The maximum atomic E-state index is 12.5. The van der Waals surface area contributed by atoms with Crippen LogP contribution in [-0.4, -0.2) is 14.6 Å². The number of thiazole rings is 1. The molecule has 0 unspecified atom stereocenters. The minimum atomic E-state index is -0.145. The van der Waals surface area contributed by atoms with Gasteiger partial charge in [0.05, 0.1) is 4.53 Å². The first kappa shape index (κ1) is 15.7. The fourth-order valence-corrected chi connectivity index (χ4v) is 3.70. The molecule has 24 heavy (non-hydrogen) atoms. The van der Waals surface area contributed by atoms with Crippen LogP contribution in [-0.2, 0) is 0 Å². The molecule has 0 spiro atoms. The van der Waals surface area contributed by atoms with Crippen molar-refractivity contribution in [3.05, 3.63) is 77.9 Å². The van der Waals surface area contributed by atoms with Gasteiger partial charge in [-0.05, 0) is 35.9 Å². The zero-order valence-electron chi connectivity index (χ0n) is 12.1. The number of benzene rings is 2. The molecule has 0 amide bonds. The lowest BCUT2D eigenvalue weighted by Crippen LogP contribution is -2.23. The van der Waals surface area contributed by atoms with E-state index in [1.54, 1.807) is 0 Å². The predicted octanol–water partition coefficient (Wildman–Crippen LogP) is 3.89. The number of rotatable bonds is 2. The summed E-state index contributed by atoms with van der Waals surface area (Å²) < 4.78 is 3.98. The highest BCUT2D eigenvalue weighted by Gasteiger charge is 2.11. The number of aromatic nitrogens is 3. The summed E-state index contributed by atoms with van der Waals surface area (Å²) in [5, 5.41) is 4.35. The van der Waals surface area contributed by atoms with Crippen molar-refractivity contribution in [3.63, 3.8) is 0 Å². The van der Waals surface area contributed by atoms with E-state index in [2.05, 4.69) is 41.9 Å². The number of hydrogen-bond donors (Lipinski definition) is 0. The van der Waals surface area contributed by atoms with Crippen LogP contribution in [0.1, 0.15) is 5.56 Å². The van der Waals surface area contributed by atoms with Gasteiger partial charge in [0.2, 0.25) is 4.96 Å². The standard InChI is InChI=1S/C17H9Br2N3OS/c18-12-5-1-10(2-6-12)9-14-16(23)22-17(24-14)20-15(21-22)11-3-7-13(19)8-4-11/h1-9H. The molecule has 0 fully saturated rings. The number of halogens is 2. The van der Waals surface area contributed by atoms with E-state index in [4.69, 9.17) is 0 Å². The minimum absolute atomic E-state index is 0.145. The number of hydrogen-bond acceptors (Lipinski definition) is 4. The molecule has 7 heteroatoms. The van der Waals surface area contributed by atoms with Gasteiger partial charge in [-0.15, -0.1) is 5.10 Å². The Morgan fingerprint density at radius 2 is 1.58 bits per heavy atom. The van der Waals surface area contributed by atoms with E-state index < -0.39 is 0 Å². The first-order valence-electron chi connectivity index (χ1n) is 7.03. The lowest BCUT2D eigenvalue weighted by Gasteiger charge is -1.94. The van der Waals surface area contributed by atoms with Crippen LogP contribution in [0.25, 0.3) is 22.4 Å². The van der Waals surface area contributed by atoms with Gasteiger partial charge in [0.25, 0.3) is 5.56 Å². The molecular formula is C17H9Br2N3OS. The Morgan fingerprint density at radius 3 is 2.21 bits per heavy atom. The molecule has 0 radical (unpaired) electrons. The van der Waals surface area contributed by atoms with E-state index in [0.717, 1.165) is 20.1 Å². The average Bonchev–Trinajstić information content (AvgIpc) is 3.11. The molecule has 4 aromatic rings. The molecular weight excluding hydrogens is 454 g/mol. The fourth-order valence-electron chi connectivity index (χ4n) is 2.27. The summed E-state index contributed by atoms with van der Waals surface area (Å²) in [6.45, 7) is 0. The Hall–Kier alpha value is -1.83. The first-order chi connectivity index (χ1) is 11.6. The molecule has 4 nitrogen and oxygen atoms in total. The van der Waals surface area contributed by atoms with Crippen molar-refractivity contribution in [2.75, 3.05) is 0 Å². The molecule has 0 aliphatic rings. The Labute approximate surface area is 157 Å². The van der Waals surface area contributed by atoms with Gasteiger partial charge in [-0.3, -0.25) is 4.79 Å². The zero-order valence-corrected chi connectivity index (χ0v) is 16.1. The second-order valence-electron chi connectivity index (χ2n) is 5.10. The van der Waals surface area contributed by atoms with E-state index >= 15 is 0 Å². The maximum Gasteiger partial charge on any atom is 0.291 e. The van der Waals surface area contributed by atoms with E-state index in [0.29, 0.717) is 15.3 Å². The third-order valence-corrected chi connectivity index (χ3v) is 5.47. The summed E-state index contributed by atoms with van der Waals surface area (Å²) in [5.74, 6) is 0.557. The van der Waals surface area contributed by atoms with Crippen molar-refractivity contribution in [2.45, 2.75) is 0 Å². The fraction of sp³-hybridized carbons (Fsp3) is 0. The van der Waals surface area contributed by atoms with Gasteiger partial charge >= 0.3 is 0 Å². The van der Waals surface area contributed by atoms with Gasteiger partial charge in [0.15, 0.2) is 5.82 Å². The number of fused-ring (bicyclic) bond motifs is 1. The summed E-state index contributed by atoms with van der Waals surface area (Å²) in [7, 11) is 0. The van der Waals surface area contributed by atoms with Crippen molar-refractivity contribution in [1.82, 2.24) is 14.6 Å². The quantitative estimate of drug-likeness (QED) is 0.454. The maximum absolute atomic E-state index is 12.5. The van der Waals surface area contributed by atoms with Gasteiger partial charge in [0.1, 0.15) is 0 Å². The summed E-state index contributed by atoms with van der Waals surface area (Å²) in [6.07, 6.45) is 1.86. The molecule has 0 atom stereocenters. The van der Waals surface area contributed by atoms with Crippen LogP contribution in [0, 0.1) is 0 Å². The lowest BCUT2D eigenvalue weighted by atomic mass is 10.2. The van der Waals surface area contributed by atoms with Crippen LogP contribution in [0.15, 0.2) is 62.3 Å². The Balaban J connectivity index is 1.79. The van der Waals surface area contributed by atoms with Crippen molar-refractivity contribution >= 4 is 54.2 Å². The van der Waals surface area contributed by atoms with Crippen LogP contribution >= 0.6 is 43.2 Å². The normalized spacial score (nSPS) is 12.2. The molecule has 118 valence electrons. The predicted molar refractivity (Wildman–Crippen MR) is 103 cm³/mol. The molecule has 4 rings (SSSR count). The third kappa shape index (κ3) is 2.94. The summed E-state index contributed by atoms with van der Waals surface area (Å²) in [4.78, 5) is 17.6. The van der Waals surface area contributed by atoms with Crippen molar-refractivity contribution in [3.8, 4) is 11.4 Å². The van der Waals surface area contributed by atoms with E-state index in [-0.39, 0.29) is 5.56 Å². The summed E-state index contributed by atoms with van der Waals surface area (Å²) in [6, 6.07) is 15.5. The smallest absolute Gasteiger partial charge is 0.266 e. The molecule has 0 aliphatic carbocycles. The van der Waals surface area contributed by atoms with Gasteiger partial charge < -0.3 is 0 Å². The van der Waals surface area contributed by atoms with Gasteiger partial charge in [-0.2, -0.15) is 9.50 Å². The molecule has 0 bridgehead atoms. The van der Waals surface area contributed by atoms with Crippen LogP contribution in [0.3, 0.4) is 0 Å². The average molecular weight is 463 g/mol. The van der Waals surface area contributed by atoms with Crippen molar-refractivity contribution < 1.29 is 0 Å². The molecule has 0 N–H and O–H groups in total. The Bertz CT molecular complexity index is 1130. The van der Waals surface area contributed by atoms with Crippen LogP contribution in [0.5, 0.6) is 0 Å². The number of nitrogens with zero attached hydrogens (tertiary/aromatic N) is 3. The van der Waals surface area contributed by atoms with Crippen LogP contribution in [0.4, 0.5) is 0 Å². The Morgan fingerprint density at radius 1 is 0.958 bits per heavy atom.